The van der Waals surface area contributed by atoms with Crippen LogP contribution >= 0.6 is 23.7 Å². The molecule has 4 atom stereocenters. The van der Waals surface area contributed by atoms with Crippen LogP contribution in [0.5, 0.6) is 0 Å². The summed E-state index contributed by atoms with van der Waals surface area (Å²) in [7, 11) is 0. The van der Waals surface area contributed by atoms with E-state index in [0.29, 0.717) is 17.0 Å². The third kappa shape index (κ3) is 3.01. The molecule has 0 aliphatic heterocycles. The van der Waals surface area contributed by atoms with Gasteiger partial charge in [0.15, 0.2) is 5.13 Å². The monoisotopic (exact) mass is 349 g/mol. The summed E-state index contributed by atoms with van der Waals surface area (Å²) in [6.07, 6.45) is 3.45. The van der Waals surface area contributed by atoms with Crippen molar-refractivity contribution in [2.24, 2.45) is 23.5 Å². The summed E-state index contributed by atoms with van der Waals surface area (Å²) in [5, 5.41) is 5.62. The van der Waals surface area contributed by atoms with E-state index in [1.165, 1.54) is 17.8 Å². The number of thiazole rings is 1. The highest BCUT2D eigenvalue weighted by molar-refractivity contribution is 7.14. The predicted molar refractivity (Wildman–Crippen MR) is 95.7 cm³/mol. The highest BCUT2D eigenvalue weighted by Crippen LogP contribution is 2.48. The van der Waals surface area contributed by atoms with Crippen LogP contribution in [0.25, 0.3) is 11.3 Å². The molecule has 4 nitrogen and oxygen atoms in total. The molecule has 122 valence electrons. The molecule has 23 heavy (non-hydrogen) atoms. The van der Waals surface area contributed by atoms with Gasteiger partial charge in [-0.15, -0.1) is 23.7 Å². The molecule has 1 aromatic carbocycles. The minimum atomic E-state index is -0.0391. The SMILES string of the molecule is Cl.NC1C2CCC(C2)C1C(=O)Nc1nc(-c2ccccc2)cs1. The summed E-state index contributed by atoms with van der Waals surface area (Å²) in [4.78, 5) is 17.1. The number of hydrogen-bond donors (Lipinski definition) is 2. The minimum Gasteiger partial charge on any atom is -0.327 e. The van der Waals surface area contributed by atoms with Crippen molar-refractivity contribution < 1.29 is 4.79 Å². The first-order chi connectivity index (χ1) is 10.7. The first kappa shape index (κ1) is 16.4. The Morgan fingerprint density at radius 2 is 1.96 bits per heavy atom. The number of amides is 1. The van der Waals surface area contributed by atoms with Gasteiger partial charge in [0.1, 0.15) is 0 Å². The fourth-order valence-electron chi connectivity index (χ4n) is 3.99. The predicted octanol–water partition coefficient (Wildman–Crippen LogP) is 3.54. The molecule has 2 aliphatic carbocycles. The fraction of sp³-hybridized carbons (Fsp3) is 0.412. The van der Waals surface area contributed by atoms with Gasteiger partial charge in [-0.2, -0.15) is 0 Å². The van der Waals surface area contributed by atoms with Gasteiger partial charge in [-0.3, -0.25) is 4.79 Å². The highest BCUT2D eigenvalue weighted by atomic mass is 35.5. The number of benzene rings is 1. The molecule has 6 heteroatoms. The Morgan fingerprint density at radius 3 is 2.65 bits per heavy atom. The molecule has 0 radical (unpaired) electrons. The van der Waals surface area contributed by atoms with E-state index in [0.717, 1.165) is 24.1 Å². The number of rotatable bonds is 3. The van der Waals surface area contributed by atoms with Crippen molar-refractivity contribution in [3.05, 3.63) is 35.7 Å². The van der Waals surface area contributed by atoms with E-state index in [1.807, 2.05) is 35.7 Å². The molecular formula is C17H20ClN3OS. The maximum Gasteiger partial charge on any atom is 0.231 e. The van der Waals surface area contributed by atoms with Crippen molar-refractivity contribution in [1.82, 2.24) is 4.98 Å². The van der Waals surface area contributed by atoms with Crippen molar-refractivity contribution in [3.63, 3.8) is 0 Å². The Labute approximate surface area is 145 Å². The summed E-state index contributed by atoms with van der Waals surface area (Å²) in [6, 6.07) is 10.0. The summed E-state index contributed by atoms with van der Waals surface area (Å²) in [5.74, 6) is 1.02. The number of nitrogens with two attached hydrogens (primary N) is 1. The summed E-state index contributed by atoms with van der Waals surface area (Å²) in [6.45, 7) is 0. The van der Waals surface area contributed by atoms with Crippen LogP contribution in [-0.4, -0.2) is 16.9 Å². The van der Waals surface area contributed by atoms with Crippen LogP contribution in [-0.2, 0) is 4.79 Å². The molecule has 2 aromatic rings. The van der Waals surface area contributed by atoms with Crippen molar-refractivity contribution >= 4 is 34.8 Å². The van der Waals surface area contributed by atoms with Crippen molar-refractivity contribution in [3.8, 4) is 11.3 Å². The molecule has 2 aliphatic rings. The van der Waals surface area contributed by atoms with Crippen LogP contribution in [0.1, 0.15) is 19.3 Å². The largest absolute Gasteiger partial charge is 0.327 e. The lowest BCUT2D eigenvalue weighted by Gasteiger charge is -2.26. The van der Waals surface area contributed by atoms with Crippen LogP contribution in [0.2, 0.25) is 0 Å². The molecule has 1 amide bonds. The molecule has 0 saturated heterocycles. The first-order valence-corrected chi connectivity index (χ1v) is 8.68. The highest BCUT2D eigenvalue weighted by Gasteiger charge is 2.49. The number of nitrogens with zero attached hydrogens (tertiary/aromatic N) is 1. The maximum absolute atomic E-state index is 12.5. The fourth-order valence-corrected chi connectivity index (χ4v) is 4.71. The normalized spacial score (nSPS) is 28.4. The molecule has 2 bridgehead atoms. The molecular weight excluding hydrogens is 330 g/mol. The van der Waals surface area contributed by atoms with Gasteiger partial charge in [-0.05, 0) is 31.1 Å². The second-order valence-corrected chi connectivity index (χ2v) is 7.19. The lowest BCUT2D eigenvalue weighted by atomic mass is 9.84. The Morgan fingerprint density at radius 1 is 1.22 bits per heavy atom. The van der Waals surface area contributed by atoms with Crippen LogP contribution in [0.4, 0.5) is 5.13 Å². The number of anilines is 1. The summed E-state index contributed by atoms with van der Waals surface area (Å²) >= 11 is 1.47. The average Bonchev–Trinajstić information content (AvgIpc) is 3.23. The molecule has 0 spiro atoms. The number of hydrogen-bond acceptors (Lipinski definition) is 4. The van der Waals surface area contributed by atoms with Gasteiger partial charge >= 0.3 is 0 Å². The minimum absolute atomic E-state index is 0. The Bertz CT molecular complexity index is 688. The number of halogens is 1. The number of fused-ring (bicyclic) bond motifs is 2. The molecule has 1 aromatic heterocycles. The van der Waals surface area contributed by atoms with E-state index in [2.05, 4.69) is 10.3 Å². The first-order valence-electron chi connectivity index (χ1n) is 7.80. The van der Waals surface area contributed by atoms with Gasteiger partial charge in [-0.1, -0.05) is 30.3 Å². The third-order valence-electron chi connectivity index (χ3n) is 5.09. The van der Waals surface area contributed by atoms with Gasteiger partial charge in [0.25, 0.3) is 0 Å². The van der Waals surface area contributed by atoms with Crippen molar-refractivity contribution in [2.75, 3.05) is 5.32 Å². The zero-order valence-electron chi connectivity index (χ0n) is 12.6. The lowest BCUT2D eigenvalue weighted by molar-refractivity contribution is -0.121. The quantitative estimate of drug-likeness (QED) is 0.890. The van der Waals surface area contributed by atoms with Crippen LogP contribution < -0.4 is 11.1 Å². The van der Waals surface area contributed by atoms with Gasteiger partial charge in [0.2, 0.25) is 5.91 Å². The van der Waals surface area contributed by atoms with Gasteiger partial charge in [0.05, 0.1) is 11.6 Å². The summed E-state index contributed by atoms with van der Waals surface area (Å²) in [5.41, 5.74) is 8.20. The Kier molecular flexibility index (Phi) is 4.71. The standard InChI is InChI=1S/C17H19N3OS.ClH/c18-15-12-7-6-11(8-12)14(15)16(21)20-17-19-13(9-22-17)10-4-2-1-3-5-10;/h1-5,9,11-12,14-15H,6-8,18H2,(H,19,20,21);1H. The molecule has 2 saturated carbocycles. The second-order valence-electron chi connectivity index (χ2n) is 6.33. The zero-order valence-corrected chi connectivity index (χ0v) is 14.3. The van der Waals surface area contributed by atoms with E-state index in [4.69, 9.17) is 5.73 Å². The lowest BCUT2D eigenvalue weighted by Crippen LogP contribution is -2.42. The smallest absolute Gasteiger partial charge is 0.231 e. The number of nitrogens with one attached hydrogen (secondary N) is 1. The van der Waals surface area contributed by atoms with Crippen LogP contribution in [0, 0.1) is 17.8 Å². The van der Waals surface area contributed by atoms with E-state index in [-0.39, 0.29) is 30.3 Å². The Hall–Kier alpha value is -1.43. The topological polar surface area (TPSA) is 68.0 Å². The van der Waals surface area contributed by atoms with Crippen molar-refractivity contribution in [1.29, 1.82) is 0 Å². The molecule has 3 N–H and O–H groups in total. The Balaban J connectivity index is 0.00000156. The van der Waals surface area contributed by atoms with Gasteiger partial charge in [-0.25, -0.2) is 4.98 Å². The molecule has 4 unspecified atom stereocenters. The molecule has 1 heterocycles. The molecule has 4 rings (SSSR count). The number of carbonyl (C=O) groups is 1. The van der Waals surface area contributed by atoms with E-state index < -0.39 is 0 Å². The van der Waals surface area contributed by atoms with Gasteiger partial charge in [0, 0.05) is 17.0 Å². The maximum atomic E-state index is 12.5. The van der Waals surface area contributed by atoms with E-state index >= 15 is 0 Å². The number of aromatic nitrogens is 1. The van der Waals surface area contributed by atoms with E-state index in [9.17, 15) is 4.79 Å². The molecule has 2 fully saturated rings. The average molecular weight is 350 g/mol. The third-order valence-corrected chi connectivity index (χ3v) is 5.84. The van der Waals surface area contributed by atoms with Crippen LogP contribution in [0.15, 0.2) is 35.7 Å². The van der Waals surface area contributed by atoms with Gasteiger partial charge < -0.3 is 11.1 Å². The second kappa shape index (κ2) is 6.59. The van der Waals surface area contributed by atoms with Crippen LogP contribution in [0.3, 0.4) is 0 Å². The number of carbonyl (C=O) groups excluding carboxylic acids is 1. The summed E-state index contributed by atoms with van der Waals surface area (Å²) < 4.78 is 0. The van der Waals surface area contributed by atoms with Crippen molar-refractivity contribution in [2.45, 2.75) is 25.3 Å². The zero-order chi connectivity index (χ0) is 15.1. The van der Waals surface area contributed by atoms with E-state index in [1.54, 1.807) is 0 Å².